The Bertz CT molecular complexity index is 2930. The molecule has 0 saturated heterocycles. The summed E-state index contributed by atoms with van der Waals surface area (Å²) in [5.41, 5.74) is 13.3. The number of para-hydroxylation sites is 1. The molecule has 6 aromatic carbocycles. The third kappa shape index (κ3) is 7.03. The summed E-state index contributed by atoms with van der Waals surface area (Å²) in [6, 6.07) is 57.1. The van der Waals surface area contributed by atoms with Crippen molar-refractivity contribution in [2.24, 2.45) is 0 Å². The maximum absolute atomic E-state index is 6.03. The minimum atomic E-state index is 0. The number of aromatic nitrogens is 2. The molecule has 0 bridgehead atoms. The zero-order chi connectivity index (χ0) is 36.6. The van der Waals surface area contributed by atoms with Crippen molar-refractivity contribution in [2.75, 3.05) is 0 Å². The molecule has 3 nitrogen and oxygen atoms in total. The van der Waals surface area contributed by atoms with Gasteiger partial charge in [0.2, 0.25) is 0 Å². The van der Waals surface area contributed by atoms with Gasteiger partial charge < -0.3 is 14.4 Å². The van der Waals surface area contributed by atoms with E-state index in [-0.39, 0.29) is 26.0 Å². The largest absolute Gasteiger partial charge is 0.456 e. The second-order valence-corrected chi connectivity index (χ2v) is 14.8. The Morgan fingerprint density at radius 2 is 1.38 bits per heavy atom. The third-order valence-electron chi connectivity index (χ3n) is 10.3. The molecule has 0 aliphatic heterocycles. The molecule has 269 valence electrons. The van der Waals surface area contributed by atoms with Crippen molar-refractivity contribution >= 4 is 53.4 Å². The summed E-state index contributed by atoms with van der Waals surface area (Å²) in [5, 5.41) is 4.95. The van der Waals surface area contributed by atoms with Gasteiger partial charge in [0.05, 0.1) is 0 Å². The molecule has 5 heteroatoms. The fourth-order valence-electron chi connectivity index (χ4n) is 7.33. The van der Waals surface area contributed by atoms with E-state index in [1.54, 1.807) is 0 Å². The molecule has 55 heavy (non-hydrogen) atoms. The average molecular weight is 905 g/mol. The smallest absolute Gasteiger partial charge is 0.135 e. The average Bonchev–Trinajstić information content (AvgIpc) is 3.81. The summed E-state index contributed by atoms with van der Waals surface area (Å²) < 4.78 is 8.59. The van der Waals surface area contributed by atoms with Crippen molar-refractivity contribution in [1.82, 2.24) is 9.97 Å². The molecule has 0 saturated carbocycles. The predicted octanol–water partition coefficient (Wildman–Crippen LogP) is 13.8. The molecular formula is C50H36IrN2OS-2. The predicted molar refractivity (Wildman–Crippen MR) is 226 cm³/mol. The number of pyridine rings is 2. The number of thiophene rings is 1. The number of rotatable bonds is 5. The van der Waals surface area contributed by atoms with Gasteiger partial charge in [-0.15, -0.1) is 59.2 Å². The van der Waals surface area contributed by atoms with E-state index in [0.717, 1.165) is 44.5 Å². The second-order valence-electron chi connectivity index (χ2n) is 13.7. The Labute approximate surface area is 338 Å². The van der Waals surface area contributed by atoms with Gasteiger partial charge in [-0.2, -0.15) is 11.3 Å². The Morgan fingerprint density at radius 3 is 2.22 bits per heavy atom. The molecule has 1 atom stereocenters. The summed E-state index contributed by atoms with van der Waals surface area (Å²) in [5.74, 6) is 0.221. The van der Waals surface area contributed by atoms with Crippen LogP contribution in [0.2, 0.25) is 0 Å². The van der Waals surface area contributed by atoms with Crippen molar-refractivity contribution in [2.45, 2.75) is 26.7 Å². The van der Waals surface area contributed by atoms with E-state index in [2.05, 4.69) is 141 Å². The van der Waals surface area contributed by atoms with Crippen LogP contribution in [-0.2, 0) is 20.1 Å². The van der Waals surface area contributed by atoms with Crippen LogP contribution >= 0.6 is 11.3 Å². The first-order valence-electron chi connectivity index (χ1n) is 18.2. The normalized spacial score (nSPS) is 11.7. The molecule has 0 N–H and O–H groups in total. The molecule has 10 aromatic rings. The van der Waals surface area contributed by atoms with E-state index in [1.807, 2.05) is 66.2 Å². The second kappa shape index (κ2) is 15.6. The number of furan rings is 1. The van der Waals surface area contributed by atoms with Gasteiger partial charge in [-0.1, -0.05) is 104 Å². The van der Waals surface area contributed by atoms with Crippen LogP contribution in [0, 0.1) is 26.0 Å². The quantitative estimate of drug-likeness (QED) is 0.162. The van der Waals surface area contributed by atoms with Crippen LogP contribution in [0.1, 0.15) is 35.1 Å². The minimum absolute atomic E-state index is 0. The van der Waals surface area contributed by atoms with Crippen LogP contribution in [0.4, 0.5) is 0 Å². The fourth-order valence-corrected chi connectivity index (χ4v) is 8.62. The van der Waals surface area contributed by atoms with Gasteiger partial charge >= 0.3 is 0 Å². The van der Waals surface area contributed by atoms with E-state index in [1.165, 1.54) is 53.6 Å². The van der Waals surface area contributed by atoms with E-state index >= 15 is 0 Å². The Kier molecular flexibility index (Phi) is 10.3. The first-order valence-corrected chi connectivity index (χ1v) is 19.0. The van der Waals surface area contributed by atoms with Crippen molar-refractivity contribution in [3.63, 3.8) is 0 Å². The van der Waals surface area contributed by atoms with Crippen molar-refractivity contribution in [3.8, 4) is 33.6 Å². The minimum Gasteiger partial charge on any atom is -0.456 e. The molecular weight excluding hydrogens is 869 g/mol. The van der Waals surface area contributed by atoms with Crippen molar-refractivity contribution in [3.05, 3.63) is 192 Å². The van der Waals surface area contributed by atoms with Crippen LogP contribution in [-0.4, -0.2) is 9.97 Å². The summed E-state index contributed by atoms with van der Waals surface area (Å²) in [6.07, 6.45) is 3.86. The molecule has 0 spiro atoms. The molecule has 4 aromatic heterocycles. The SMILES string of the molecule is Cc1c[c-]c(-c2cc(C(C)c3ccc4oc5ccccc5c4c3)ccn2)c2sc3ccccc3c12.Cc1cnc(-c2[c-]cccc2)cc1-c1ccccc1.[Ir]. The molecule has 0 amide bonds. The standard InChI is InChI=1S/C32H22NOS.C18H14N.Ir/c1-19-11-13-24(32-31(19)25-8-4-6-10-30(25)35-32)27-18-22(15-16-33-27)20(2)21-12-14-29-26(17-21)23-7-3-5-9-28(23)34-29;1-14-13-19-18(16-10-6-3-7-11-16)12-17(14)15-8-4-2-5-9-15;/h3-12,14-18,20H,1-2H3;2-10,12-13H,1H3;/q2*-1;. The summed E-state index contributed by atoms with van der Waals surface area (Å²) in [4.78, 5) is 9.28. The number of benzene rings is 6. The topological polar surface area (TPSA) is 38.9 Å². The zero-order valence-corrected chi connectivity index (χ0v) is 33.8. The molecule has 0 fully saturated rings. The van der Waals surface area contributed by atoms with E-state index < -0.39 is 0 Å². The monoisotopic (exact) mass is 905 g/mol. The van der Waals surface area contributed by atoms with Crippen LogP contribution in [0.15, 0.2) is 162 Å². The molecule has 4 heterocycles. The van der Waals surface area contributed by atoms with Gasteiger partial charge in [0.1, 0.15) is 11.2 Å². The number of hydrogen-bond acceptors (Lipinski definition) is 4. The van der Waals surface area contributed by atoms with E-state index in [0.29, 0.717) is 0 Å². The van der Waals surface area contributed by atoms with Gasteiger partial charge in [-0.25, -0.2) is 0 Å². The van der Waals surface area contributed by atoms with Crippen LogP contribution in [0.3, 0.4) is 0 Å². The molecule has 0 aliphatic carbocycles. The van der Waals surface area contributed by atoms with E-state index in [9.17, 15) is 0 Å². The van der Waals surface area contributed by atoms with Crippen molar-refractivity contribution in [1.29, 1.82) is 0 Å². The third-order valence-corrected chi connectivity index (χ3v) is 11.5. The van der Waals surface area contributed by atoms with Gasteiger partial charge in [0, 0.05) is 53.9 Å². The molecule has 1 radical (unpaired) electrons. The summed E-state index contributed by atoms with van der Waals surface area (Å²) >= 11 is 1.83. The van der Waals surface area contributed by atoms with E-state index in [4.69, 9.17) is 9.40 Å². The summed E-state index contributed by atoms with van der Waals surface area (Å²) in [6.45, 7) is 6.52. The number of aryl methyl sites for hydroxylation is 2. The first-order chi connectivity index (χ1) is 26.5. The molecule has 0 aliphatic rings. The maximum atomic E-state index is 6.03. The number of hydrogen-bond donors (Lipinski definition) is 0. The first kappa shape index (κ1) is 36.3. The number of fused-ring (bicyclic) bond motifs is 6. The van der Waals surface area contributed by atoms with Gasteiger partial charge in [-0.3, -0.25) is 0 Å². The molecule has 1 unspecified atom stereocenters. The number of nitrogens with zero attached hydrogens (tertiary/aromatic N) is 2. The van der Waals surface area contributed by atoms with Crippen LogP contribution < -0.4 is 0 Å². The van der Waals surface area contributed by atoms with Gasteiger partial charge in [0.15, 0.2) is 0 Å². The summed E-state index contributed by atoms with van der Waals surface area (Å²) in [7, 11) is 0. The zero-order valence-electron chi connectivity index (χ0n) is 30.6. The van der Waals surface area contributed by atoms with Crippen LogP contribution in [0.25, 0.3) is 75.8 Å². The Morgan fingerprint density at radius 1 is 0.636 bits per heavy atom. The van der Waals surface area contributed by atoms with Gasteiger partial charge in [-0.05, 0) is 86.5 Å². The van der Waals surface area contributed by atoms with Gasteiger partial charge in [0.25, 0.3) is 0 Å². The van der Waals surface area contributed by atoms with Crippen LogP contribution in [0.5, 0.6) is 0 Å². The maximum Gasteiger partial charge on any atom is 0.135 e. The Balaban J connectivity index is 0.000000181. The van der Waals surface area contributed by atoms with Crippen molar-refractivity contribution < 1.29 is 24.5 Å². The molecule has 10 rings (SSSR count). The fraction of sp³-hybridized carbons (Fsp3) is 0.0800. The Hall–Kier alpha value is -5.71.